The number of imidazole rings is 1. The summed E-state index contributed by atoms with van der Waals surface area (Å²) in [4.78, 5) is 17.7. The highest BCUT2D eigenvalue weighted by Crippen LogP contribution is 2.48. The quantitative estimate of drug-likeness (QED) is 0.509. The minimum Gasteiger partial charge on any atom is -0.310 e. The van der Waals surface area contributed by atoms with Crippen molar-refractivity contribution in [2.75, 3.05) is 5.32 Å². The van der Waals surface area contributed by atoms with Crippen molar-refractivity contribution in [3.8, 4) is 11.3 Å². The van der Waals surface area contributed by atoms with Crippen molar-refractivity contribution in [1.29, 1.82) is 0 Å². The molecule has 138 valence electrons. The first-order chi connectivity index (χ1) is 13.7. The third-order valence-electron chi connectivity index (χ3n) is 5.24. The Labute approximate surface area is 167 Å². The number of carbonyl (C=O) groups excluding carboxylic acids is 1. The van der Waals surface area contributed by atoms with Crippen LogP contribution >= 0.6 is 11.6 Å². The molecule has 1 N–H and O–H groups in total. The molecule has 4 aromatic rings. The average Bonchev–Trinajstić information content (AvgIpc) is 3.46. The Hall–Kier alpha value is -3.11. The number of fused-ring (bicyclic) bond motifs is 1. The molecule has 5 heteroatoms. The van der Waals surface area contributed by atoms with E-state index in [1.54, 1.807) is 0 Å². The zero-order valence-corrected chi connectivity index (χ0v) is 15.8. The first kappa shape index (κ1) is 17.0. The zero-order valence-electron chi connectivity index (χ0n) is 15.0. The Morgan fingerprint density at radius 1 is 1.00 bits per heavy atom. The van der Waals surface area contributed by atoms with Crippen molar-refractivity contribution in [2.24, 2.45) is 5.92 Å². The molecule has 2 heterocycles. The molecule has 2 aromatic carbocycles. The van der Waals surface area contributed by atoms with Crippen molar-refractivity contribution in [3.05, 3.63) is 89.6 Å². The lowest BCUT2D eigenvalue weighted by atomic mass is 10.1. The molecule has 0 radical (unpaired) electrons. The fourth-order valence-corrected chi connectivity index (χ4v) is 3.81. The molecule has 5 rings (SSSR count). The SMILES string of the molecule is O=C(Nc1c(-c2ccc(Cl)cc2)nc2ccccn12)[C@H]1C[C@H]1c1ccccc1. The van der Waals surface area contributed by atoms with E-state index in [9.17, 15) is 4.79 Å². The first-order valence-corrected chi connectivity index (χ1v) is 9.67. The summed E-state index contributed by atoms with van der Waals surface area (Å²) in [5, 5.41) is 3.81. The fraction of sp³-hybridized carbons (Fsp3) is 0.130. The number of pyridine rings is 1. The number of benzene rings is 2. The molecule has 0 spiro atoms. The third-order valence-corrected chi connectivity index (χ3v) is 5.50. The predicted molar refractivity (Wildman–Crippen MR) is 112 cm³/mol. The Bertz CT molecular complexity index is 1150. The van der Waals surface area contributed by atoms with Crippen LogP contribution in [-0.4, -0.2) is 15.3 Å². The minimum absolute atomic E-state index is 0.00488. The Morgan fingerprint density at radius 3 is 2.54 bits per heavy atom. The molecule has 0 saturated heterocycles. The van der Waals surface area contributed by atoms with Gasteiger partial charge in [-0.1, -0.05) is 60.1 Å². The normalized spacial score (nSPS) is 18.2. The first-order valence-electron chi connectivity index (χ1n) is 9.29. The summed E-state index contributed by atoms with van der Waals surface area (Å²) in [5.41, 5.74) is 3.67. The second kappa shape index (κ2) is 6.80. The standard InChI is InChI=1S/C23H18ClN3O/c24-17-11-9-16(10-12-17)21-22(27-13-5-4-8-20(27)25-21)26-23(28)19-14-18(19)15-6-2-1-3-7-15/h1-13,18-19H,14H2,(H,26,28)/t18-,19-/m0/s1. The molecule has 1 saturated carbocycles. The van der Waals surface area contributed by atoms with E-state index in [1.807, 2.05) is 71.3 Å². The van der Waals surface area contributed by atoms with Gasteiger partial charge >= 0.3 is 0 Å². The minimum atomic E-state index is -0.00488. The molecule has 1 fully saturated rings. The van der Waals surface area contributed by atoms with Gasteiger partial charge in [0.1, 0.15) is 17.2 Å². The largest absolute Gasteiger partial charge is 0.310 e. The molecule has 0 aliphatic heterocycles. The lowest BCUT2D eigenvalue weighted by Gasteiger charge is -2.08. The Morgan fingerprint density at radius 2 is 1.75 bits per heavy atom. The molecule has 1 amide bonds. The van der Waals surface area contributed by atoms with Crippen LogP contribution < -0.4 is 5.32 Å². The molecule has 1 aliphatic carbocycles. The second-order valence-electron chi connectivity index (χ2n) is 7.09. The Kier molecular flexibility index (Phi) is 4.14. The van der Waals surface area contributed by atoms with Crippen molar-refractivity contribution < 1.29 is 4.79 Å². The number of hydrogen-bond acceptors (Lipinski definition) is 2. The number of carbonyl (C=O) groups is 1. The van der Waals surface area contributed by atoms with Gasteiger partial charge in [-0.3, -0.25) is 9.20 Å². The van der Waals surface area contributed by atoms with Gasteiger partial charge in [0.2, 0.25) is 5.91 Å². The van der Waals surface area contributed by atoms with E-state index in [-0.39, 0.29) is 11.8 Å². The van der Waals surface area contributed by atoms with E-state index in [1.165, 1.54) is 5.56 Å². The molecular formula is C23H18ClN3O. The number of halogens is 1. The highest BCUT2D eigenvalue weighted by molar-refractivity contribution is 6.30. The van der Waals surface area contributed by atoms with E-state index in [0.29, 0.717) is 16.8 Å². The van der Waals surface area contributed by atoms with Crippen LogP contribution in [0.25, 0.3) is 16.9 Å². The maximum Gasteiger partial charge on any atom is 0.229 e. The molecule has 2 atom stereocenters. The number of anilines is 1. The van der Waals surface area contributed by atoms with E-state index >= 15 is 0 Å². The molecule has 4 nitrogen and oxygen atoms in total. The highest BCUT2D eigenvalue weighted by Gasteiger charge is 2.44. The number of amides is 1. The van der Waals surface area contributed by atoms with Crippen LogP contribution in [0.5, 0.6) is 0 Å². The zero-order chi connectivity index (χ0) is 19.1. The van der Waals surface area contributed by atoms with Gasteiger partial charge in [0.25, 0.3) is 0 Å². The van der Waals surface area contributed by atoms with Crippen LogP contribution in [0.4, 0.5) is 5.82 Å². The van der Waals surface area contributed by atoms with Gasteiger partial charge in [-0.2, -0.15) is 0 Å². The Balaban J connectivity index is 1.47. The lowest BCUT2D eigenvalue weighted by molar-refractivity contribution is -0.117. The van der Waals surface area contributed by atoms with Gasteiger partial charge in [-0.05, 0) is 42.2 Å². The van der Waals surface area contributed by atoms with E-state index in [2.05, 4.69) is 17.4 Å². The smallest absolute Gasteiger partial charge is 0.229 e. The highest BCUT2D eigenvalue weighted by atomic mass is 35.5. The van der Waals surface area contributed by atoms with Gasteiger partial charge in [-0.25, -0.2) is 4.98 Å². The maximum atomic E-state index is 13.0. The van der Waals surface area contributed by atoms with E-state index in [4.69, 9.17) is 16.6 Å². The summed E-state index contributed by atoms with van der Waals surface area (Å²) in [5.74, 6) is 1.02. The van der Waals surface area contributed by atoms with Crippen molar-refractivity contribution in [3.63, 3.8) is 0 Å². The van der Waals surface area contributed by atoms with Crippen LogP contribution in [-0.2, 0) is 4.79 Å². The van der Waals surface area contributed by atoms with Gasteiger partial charge in [0.15, 0.2) is 0 Å². The lowest BCUT2D eigenvalue weighted by Crippen LogP contribution is -2.16. The monoisotopic (exact) mass is 387 g/mol. The van der Waals surface area contributed by atoms with E-state index in [0.717, 1.165) is 23.3 Å². The number of nitrogens with one attached hydrogen (secondary N) is 1. The van der Waals surface area contributed by atoms with Crippen LogP contribution in [0.2, 0.25) is 5.02 Å². The van der Waals surface area contributed by atoms with Gasteiger partial charge < -0.3 is 5.32 Å². The summed E-state index contributed by atoms with van der Waals surface area (Å²) >= 11 is 6.03. The van der Waals surface area contributed by atoms with Crippen LogP contribution in [0.1, 0.15) is 17.9 Å². The van der Waals surface area contributed by atoms with Crippen molar-refractivity contribution in [2.45, 2.75) is 12.3 Å². The summed E-state index contributed by atoms with van der Waals surface area (Å²) < 4.78 is 1.92. The summed E-state index contributed by atoms with van der Waals surface area (Å²) in [6.45, 7) is 0. The number of nitrogens with zero attached hydrogens (tertiary/aromatic N) is 2. The predicted octanol–water partition coefficient (Wildman–Crippen LogP) is 5.40. The fourth-order valence-electron chi connectivity index (χ4n) is 3.69. The molecule has 2 aromatic heterocycles. The third kappa shape index (κ3) is 3.06. The van der Waals surface area contributed by atoms with Gasteiger partial charge in [0, 0.05) is 22.7 Å². The van der Waals surface area contributed by atoms with E-state index < -0.39 is 0 Å². The molecular weight excluding hydrogens is 370 g/mol. The maximum absolute atomic E-state index is 13.0. The number of hydrogen-bond donors (Lipinski definition) is 1. The van der Waals surface area contributed by atoms with Crippen LogP contribution in [0.3, 0.4) is 0 Å². The topological polar surface area (TPSA) is 46.4 Å². The van der Waals surface area contributed by atoms with Crippen molar-refractivity contribution in [1.82, 2.24) is 9.38 Å². The summed E-state index contributed by atoms with van der Waals surface area (Å²) in [6, 6.07) is 23.5. The summed E-state index contributed by atoms with van der Waals surface area (Å²) in [7, 11) is 0. The van der Waals surface area contributed by atoms with Crippen LogP contribution in [0.15, 0.2) is 79.0 Å². The number of aromatic nitrogens is 2. The number of rotatable bonds is 4. The molecule has 0 bridgehead atoms. The second-order valence-corrected chi connectivity index (χ2v) is 7.53. The van der Waals surface area contributed by atoms with Gasteiger partial charge in [0.05, 0.1) is 0 Å². The molecule has 28 heavy (non-hydrogen) atoms. The molecule has 1 aliphatic rings. The average molecular weight is 388 g/mol. The van der Waals surface area contributed by atoms with Crippen molar-refractivity contribution >= 4 is 29.0 Å². The van der Waals surface area contributed by atoms with Crippen LogP contribution in [0, 0.1) is 5.92 Å². The van der Waals surface area contributed by atoms with Gasteiger partial charge in [-0.15, -0.1) is 0 Å². The summed E-state index contributed by atoms with van der Waals surface area (Å²) in [6.07, 6.45) is 2.79. The molecule has 0 unspecified atom stereocenters.